The fraction of sp³-hybridized carbons (Fsp3) is 0.485. The van der Waals surface area contributed by atoms with Crippen LogP contribution in [0.25, 0.3) is 0 Å². The number of hydrogen-bond donors (Lipinski definition) is 1. The van der Waals surface area contributed by atoms with E-state index in [1.165, 1.54) is 19.1 Å². The molecule has 3 aliphatic rings. The van der Waals surface area contributed by atoms with Crippen LogP contribution < -0.4 is 24.6 Å². The largest absolute Gasteiger partial charge is 0.495 e. The Labute approximate surface area is 300 Å². The Morgan fingerprint density at radius 3 is 2.44 bits per heavy atom. The second-order valence-electron chi connectivity index (χ2n) is 13.3. The highest BCUT2D eigenvalue weighted by molar-refractivity contribution is 6.42. The summed E-state index contributed by atoms with van der Waals surface area (Å²) in [6.45, 7) is 5.83. The van der Waals surface area contributed by atoms with Crippen molar-refractivity contribution in [1.82, 2.24) is 14.9 Å². The van der Waals surface area contributed by atoms with Crippen molar-refractivity contribution in [1.29, 1.82) is 0 Å². The first-order valence-corrected chi connectivity index (χ1v) is 17.0. The number of nitrogens with one attached hydrogen (secondary N) is 1. The molecule has 2 aromatic rings. The van der Waals surface area contributed by atoms with Gasteiger partial charge in [-0.05, 0) is 37.7 Å². The number of urea groups is 1. The molecule has 0 spiro atoms. The van der Waals surface area contributed by atoms with Gasteiger partial charge in [0.05, 0.1) is 52.7 Å². The normalized spacial score (nSPS) is 16.9. The van der Waals surface area contributed by atoms with Gasteiger partial charge in [0.2, 0.25) is 11.9 Å². The standard InChI is InChI=1S/C33H42Cl2N9O6/c1-20(2)38-32-37-17-22-18-41(29-27(34)24(49-5)16-25(50-6)28(29)35)33(46)42(31(22)39-32)23-10-13-40(14-11-23)26(45)8-7-15-44(3,4)19-21-9-12-36-30(21)43(47)48/h7-8,12,16-17,20,23H,9-11,13-15,18-19H2,1-6H3,(H,37,38,39)/q+1/b8-7+. The number of fused-ring (bicyclic) bond motifs is 1. The van der Waals surface area contributed by atoms with E-state index in [4.69, 9.17) is 37.7 Å². The van der Waals surface area contributed by atoms with Gasteiger partial charge in [-0.3, -0.25) is 14.6 Å². The van der Waals surface area contributed by atoms with E-state index in [0.717, 1.165) is 0 Å². The Balaban J connectivity index is 1.34. The first-order chi connectivity index (χ1) is 23.7. The zero-order valence-corrected chi connectivity index (χ0v) is 30.5. The predicted octanol–water partition coefficient (Wildman–Crippen LogP) is 5.15. The van der Waals surface area contributed by atoms with E-state index in [0.29, 0.717) is 84.3 Å². The summed E-state index contributed by atoms with van der Waals surface area (Å²) in [5, 5.41) is 14.8. The number of aliphatic imine (C=N–C) groups is 1. The summed E-state index contributed by atoms with van der Waals surface area (Å²) >= 11 is 13.5. The van der Waals surface area contributed by atoms with Crippen LogP contribution >= 0.6 is 23.2 Å². The molecule has 5 rings (SSSR count). The van der Waals surface area contributed by atoms with Crippen molar-refractivity contribution in [2.45, 2.75) is 51.7 Å². The highest BCUT2D eigenvalue weighted by Gasteiger charge is 2.41. The maximum atomic E-state index is 14.5. The number of nitro groups is 1. The van der Waals surface area contributed by atoms with Crippen molar-refractivity contribution in [2.24, 2.45) is 4.99 Å². The molecule has 0 atom stereocenters. The lowest BCUT2D eigenvalue weighted by Crippen LogP contribution is -2.55. The first-order valence-electron chi connectivity index (χ1n) is 16.2. The number of carbonyl (C=O) groups is 2. The lowest BCUT2D eigenvalue weighted by molar-refractivity contribution is -0.880. The van der Waals surface area contributed by atoms with Crippen LogP contribution in [0.3, 0.4) is 0 Å². The molecule has 50 heavy (non-hydrogen) atoms. The molecule has 0 saturated carbocycles. The third kappa shape index (κ3) is 7.79. The van der Waals surface area contributed by atoms with Crippen LogP contribution in [0.4, 0.5) is 22.2 Å². The summed E-state index contributed by atoms with van der Waals surface area (Å²) in [4.78, 5) is 56.6. The van der Waals surface area contributed by atoms with Crippen molar-refractivity contribution in [3.63, 3.8) is 0 Å². The van der Waals surface area contributed by atoms with Gasteiger partial charge in [-0.15, -0.1) is 0 Å². The molecule has 1 N–H and O–H groups in total. The monoisotopic (exact) mass is 730 g/mol. The molecule has 4 heterocycles. The molecule has 268 valence electrons. The average Bonchev–Trinajstić information content (AvgIpc) is 3.53. The molecule has 15 nitrogen and oxygen atoms in total. The van der Waals surface area contributed by atoms with E-state index < -0.39 is 4.92 Å². The predicted molar refractivity (Wildman–Crippen MR) is 192 cm³/mol. The zero-order valence-electron chi connectivity index (χ0n) is 29.0. The van der Waals surface area contributed by atoms with Crippen LogP contribution in [0.5, 0.6) is 11.5 Å². The van der Waals surface area contributed by atoms with Gasteiger partial charge in [0.15, 0.2) is 0 Å². The molecule has 1 saturated heterocycles. The molecule has 0 bridgehead atoms. The summed E-state index contributed by atoms with van der Waals surface area (Å²) in [6, 6.07) is 0.963. The number of amides is 3. The summed E-state index contributed by atoms with van der Waals surface area (Å²) in [5.41, 5.74) is 1.61. The van der Waals surface area contributed by atoms with Gasteiger partial charge < -0.3 is 34.3 Å². The zero-order chi connectivity index (χ0) is 36.3. The molecule has 1 fully saturated rings. The van der Waals surface area contributed by atoms with E-state index in [-0.39, 0.29) is 52.1 Å². The number of halogens is 2. The number of quaternary nitrogens is 1. The molecular weight excluding hydrogens is 689 g/mol. The van der Waals surface area contributed by atoms with Crippen molar-refractivity contribution in [3.05, 3.63) is 61.5 Å². The smallest absolute Gasteiger partial charge is 0.368 e. The number of carbonyl (C=O) groups excluding carboxylic acids is 2. The molecule has 0 aliphatic carbocycles. The van der Waals surface area contributed by atoms with Crippen molar-refractivity contribution in [2.75, 3.05) is 69.6 Å². The number of likely N-dealkylation sites (tertiary alicyclic amines) is 1. The average molecular weight is 732 g/mol. The van der Waals surface area contributed by atoms with Crippen molar-refractivity contribution < 1.29 is 28.5 Å². The molecule has 3 amide bonds. The van der Waals surface area contributed by atoms with Crippen LogP contribution in [0.2, 0.25) is 10.0 Å². The quantitative estimate of drug-likeness (QED) is 0.135. The van der Waals surface area contributed by atoms with Crippen LogP contribution in [-0.2, 0) is 11.3 Å². The fourth-order valence-corrected chi connectivity index (χ4v) is 7.03. The number of aromatic nitrogens is 2. The third-order valence-electron chi connectivity index (χ3n) is 8.73. The minimum atomic E-state index is -0.454. The number of ether oxygens (including phenoxy) is 2. The molecule has 0 unspecified atom stereocenters. The third-order valence-corrected chi connectivity index (χ3v) is 9.46. The van der Waals surface area contributed by atoms with Gasteiger partial charge in [-0.25, -0.2) is 9.78 Å². The van der Waals surface area contributed by atoms with Crippen molar-refractivity contribution >= 4 is 58.8 Å². The molecule has 1 aromatic carbocycles. The van der Waals surface area contributed by atoms with Gasteiger partial charge in [-0.1, -0.05) is 28.2 Å². The Morgan fingerprint density at radius 1 is 1.18 bits per heavy atom. The fourth-order valence-electron chi connectivity index (χ4n) is 6.32. The second kappa shape index (κ2) is 15.2. The maximum absolute atomic E-state index is 14.5. The van der Waals surface area contributed by atoms with Crippen molar-refractivity contribution in [3.8, 4) is 11.5 Å². The van der Waals surface area contributed by atoms with Gasteiger partial charge in [0.1, 0.15) is 40.1 Å². The number of piperidine rings is 1. The number of benzene rings is 1. The number of nitrogens with zero attached hydrogens (tertiary/aromatic N) is 8. The number of methoxy groups -OCH3 is 2. The topological polar surface area (TPSA) is 156 Å². The van der Waals surface area contributed by atoms with E-state index in [9.17, 15) is 19.7 Å². The van der Waals surface area contributed by atoms with E-state index >= 15 is 0 Å². The number of rotatable bonds is 12. The summed E-state index contributed by atoms with van der Waals surface area (Å²) in [6.07, 6.45) is 8.04. The minimum absolute atomic E-state index is 0.0677. The van der Waals surface area contributed by atoms with E-state index in [2.05, 4.69) is 15.3 Å². The van der Waals surface area contributed by atoms with Gasteiger partial charge in [0.25, 0.3) is 0 Å². The number of anilines is 3. The summed E-state index contributed by atoms with van der Waals surface area (Å²) in [7, 11) is 6.84. The first kappa shape index (κ1) is 36.8. The van der Waals surface area contributed by atoms with Crippen LogP contribution in [0, 0.1) is 10.1 Å². The lowest BCUT2D eigenvalue weighted by atomic mass is 10.0. The minimum Gasteiger partial charge on any atom is -0.495 e. The van der Waals surface area contributed by atoms with E-state index in [1.807, 2.05) is 27.9 Å². The molecular formula is C33H42Cl2N9O6+. The van der Waals surface area contributed by atoms with Crippen LogP contribution in [-0.4, -0.2) is 109 Å². The summed E-state index contributed by atoms with van der Waals surface area (Å²) < 4.78 is 11.4. The Bertz CT molecular complexity index is 1730. The lowest BCUT2D eigenvalue weighted by Gasteiger charge is -2.43. The Kier molecular flexibility index (Phi) is 11.2. The van der Waals surface area contributed by atoms with E-state index in [1.54, 1.807) is 40.4 Å². The molecule has 17 heteroatoms. The van der Waals surface area contributed by atoms with Gasteiger partial charge >= 0.3 is 11.9 Å². The van der Waals surface area contributed by atoms with Gasteiger partial charge in [-0.2, -0.15) is 4.98 Å². The second-order valence-corrected chi connectivity index (χ2v) is 14.0. The maximum Gasteiger partial charge on any atom is 0.368 e. The molecule has 3 aliphatic heterocycles. The summed E-state index contributed by atoms with van der Waals surface area (Å²) in [5.74, 6) is 1.25. The highest BCUT2D eigenvalue weighted by atomic mass is 35.5. The SMILES string of the molecule is COc1cc(OC)c(Cl)c(N2Cc3cnc(NC(C)C)nc3N(C3CCN(C(=O)/C=C/C[N+](C)(C)CC4=C([N+](=O)[O-])N=CC4)CC3)C2=O)c1Cl. The molecule has 1 aromatic heterocycles. The number of hydrogen-bond acceptors (Lipinski definition) is 10. The number of likely N-dealkylation sites (N-methyl/N-ethyl adjacent to an activating group) is 1. The highest BCUT2D eigenvalue weighted by Crippen LogP contribution is 2.48. The molecule has 0 radical (unpaired) electrons. The Morgan fingerprint density at radius 2 is 1.84 bits per heavy atom. The Hall–Kier alpha value is -4.47. The van der Waals surface area contributed by atoms with Crippen LogP contribution in [0.1, 0.15) is 38.7 Å². The van der Waals surface area contributed by atoms with Gasteiger partial charge in [0, 0.05) is 55.5 Å². The van der Waals surface area contributed by atoms with Crippen LogP contribution in [0.15, 0.2) is 40.8 Å².